The average Bonchev–Trinajstić information content (AvgIpc) is 2.50. The molecule has 1 unspecified atom stereocenters. The molecule has 0 spiro atoms. The fraction of sp³-hybridized carbons (Fsp3) is 0.143. The van der Waals surface area contributed by atoms with E-state index >= 15 is 0 Å². The molecule has 106 valence electrons. The number of hydrogen-bond donors (Lipinski definition) is 0. The van der Waals surface area contributed by atoms with E-state index < -0.39 is 23.1 Å². The maximum atomic E-state index is 12.3. The zero-order valence-corrected chi connectivity index (χ0v) is 11.7. The predicted octanol–water partition coefficient (Wildman–Crippen LogP) is 1.58. The molecule has 0 saturated carbocycles. The maximum Gasteiger partial charge on any atom is 0.387 e. The highest BCUT2D eigenvalue weighted by Gasteiger charge is 2.28. The van der Waals surface area contributed by atoms with Gasteiger partial charge in [0.05, 0.1) is 13.2 Å². The summed E-state index contributed by atoms with van der Waals surface area (Å²) < 4.78 is 21.5. The first-order valence-corrected chi connectivity index (χ1v) is 6.79. The van der Waals surface area contributed by atoms with Gasteiger partial charge in [0.2, 0.25) is 0 Å². The summed E-state index contributed by atoms with van der Waals surface area (Å²) in [7, 11) is 1.15. The van der Waals surface area contributed by atoms with Gasteiger partial charge >= 0.3 is 11.9 Å². The van der Waals surface area contributed by atoms with Crippen LogP contribution in [0.25, 0.3) is 0 Å². The molecule has 1 atom stereocenters. The van der Waals surface area contributed by atoms with Crippen LogP contribution in [0.3, 0.4) is 0 Å². The molecule has 0 bridgehead atoms. The van der Waals surface area contributed by atoms with Crippen LogP contribution in [0.2, 0.25) is 0 Å². The van der Waals surface area contributed by atoms with E-state index in [1.807, 2.05) is 0 Å². The van der Waals surface area contributed by atoms with E-state index in [1.165, 1.54) is 6.08 Å². The normalized spacial score (nSPS) is 12.4. The van der Waals surface area contributed by atoms with E-state index in [0.717, 1.165) is 13.2 Å². The Labute approximate surface area is 120 Å². The Morgan fingerprint density at radius 2 is 2.00 bits per heavy atom. The first-order valence-electron chi connectivity index (χ1n) is 5.64. The van der Waals surface area contributed by atoms with Crippen LogP contribution in [-0.2, 0) is 30.2 Å². The number of benzene rings is 1. The van der Waals surface area contributed by atoms with Crippen LogP contribution in [0.15, 0.2) is 58.9 Å². The van der Waals surface area contributed by atoms with Crippen LogP contribution in [0.5, 0.6) is 0 Å². The molecule has 0 aliphatic rings. The second kappa shape index (κ2) is 8.19. The summed E-state index contributed by atoms with van der Waals surface area (Å²) in [5, 5.41) is 0. The molecule has 0 heterocycles. The van der Waals surface area contributed by atoms with Crippen LogP contribution in [0.1, 0.15) is 0 Å². The molecule has 20 heavy (non-hydrogen) atoms. The molecule has 0 aromatic heterocycles. The fourth-order valence-corrected chi connectivity index (χ4v) is 2.35. The number of rotatable bonds is 6. The quantitative estimate of drug-likeness (QED) is 0.344. The Morgan fingerprint density at radius 1 is 1.35 bits per heavy atom. The van der Waals surface area contributed by atoms with Crippen molar-refractivity contribution in [1.29, 1.82) is 0 Å². The third-order valence-corrected chi connectivity index (χ3v) is 3.52. The van der Waals surface area contributed by atoms with Gasteiger partial charge in [0.15, 0.2) is 4.90 Å². The average molecular weight is 294 g/mol. The summed E-state index contributed by atoms with van der Waals surface area (Å²) in [6, 6.07) is 8.28. The van der Waals surface area contributed by atoms with Gasteiger partial charge in [0.25, 0.3) is 4.91 Å². The second-order valence-corrected chi connectivity index (χ2v) is 4.95. The van der Waals surface area contributed by atoms with Crippen LogP contribution < -0.4 is 0 Å². The molecule has 1 rings (SSSR count). The van der Waals surface area contributed by atoms with Gasteiger partial charge in [0.1, 0.15) is 6.61 Å². The van der Waals surface area contributed by atoms with Crippen molar-refractivity contribution in [3.8, 4) is 0 Å². The molecule has 0 N–H and O–H groups in total. The van der Waals surface area contributed by atoms with Gasteiger partial charge in [-0.05, 0) is 12.1 Å². The summed E-state index contributed by atoms with van der Waals surface area (Å²) in [5.74, 6) is -1.63. The van der Waals surface area contributed by atoms with Crippen molar-refractivity contribution in [3.63, 3.8) is 0 Å². The topological polar surface area (TPSA) is 75.7 Å². The first-order chi connectivity index (χ1) is 9.60. The van der Waals surface area contributed by atoms with E-state index in [1.54, 1.807) is 30.3 Å². The lowest BCUT2D eigenvalue weighted by molar-refractivity contribution is -0.138. The monoisotopic (exact) mass is 294 g/mol. The maximum absolute atomic E-state index is 12.3. The highest BCUT2D eigenvalue weighted by Crippen LogP contribution is 2.20. The van der Waals surface area contributed by atoms with Crippen molar-refractivity contribution in [2.45, 2.75) is 4.90 Å². The number of carbonyl (C=O) groups is 2. The van der Waals surface area contributed by atoms with Crippen molar-refractivity contribution in [2.75, 3.05) is 13.7 Å². The Bertz CT molecular complexity index is 510. The first kappa shape index (κ1) is 16.0. The number of carbonyl (C=O) groups excluding carboxylic acids is 2. The standard InChI is InChI=1S/C14H14O5S/c1-3-9-19-13(15)10-12(14(16)18-2)20(17)11-7-5-4-6-8-11/h3-8,10H,1,9H2,2H3/b12-10+. The molecule has 6 heteroatoms. The third-order valence-electron chi connectivity index (χ3n) is 2.14. The second-order valence-electron chi connectivity index (χ2n) is 3.50. The van der Waals surface area contributed by atoms with Gasteiger partial charge < -0.3 is 14.0 Å². The summed E-state index contributed by atoms with van der Waals surface area (Å²) >= 11 is -1.82. The summed E-state index contributed by atoms with van der Waals surface area (Å²) in [6.45, 7) is 3.40. The van der Waals surface area contributed by atoms with Crippen molar-refractivity contribution in [3.05, 3.63) is 54.0 Å². The van der Waals surface area contributed by atoms with E-state index in [0.29, 0.717) is 4.90 Å². The minimum absolute atomic E-state index is 0.00174. The summed E-state index contributed by atoms with van der Waals surface area (Å²) in [4.78, 5) is 23.2. The molecule has 0 aliphatic carbocycles. The van der Waals surface area contributed by atoms with Gasteiger partial charge in [-0.1, -0.05) is 30.9 Å². The van der Waals surface area contributed by atoms with E-state index in [2.05, 4.69) is 11.3 Å². The molecule has 0 radical (unpaired) electrons. The van der Waals surface area contributed by atoms with E-state index in [9.17, 15) is 14.1 Å². The van der Waals surface area contributed by atoms with Crippen molar-refractivity contribution in [2.24, 2.45) is 0 Å². The van der Waals surface area contributed by atoms with Crippen LogP contribution in [-0.4, -0.2) is 30.2 Å². The molecule has 0 saturated heterocycles. The Kier molecular flexibility index (Phi) is 6.55. The van der Waals surface area contributed by atoms with Crippen molar-refractivity contribution < 1.29 is 23.6 Å². The number of hydrogen-bond acceptors (Lipinski definition) is 5. The lowest BCUT2D eigenvalue weighted by atomic mass is 10.4. The zero-order chi connectivity index (χ0) is 15.0. The Hall–Kier alpha value is -2.05. The largest absolute Gasteiger partial charge is 0.606 e. The van der Waals surface area contributed by atoms with Gasteiger partial charge in [0, 0.05) is 11.2 Å². The van der Waals surface area contributed by atoms with E-state index in [4.69, 9.17) is 4.74 Å². The lowest BCUT2D eigenvalue weighted by Crippen LogP contribution is -2.17. The smallest absolute Gasteiger partial charge is 0.387 e. The molecular formula is C14H14O5S. The highest BCUT2D eigenvalue weighted by atomic mass is 32.2. The summed E-state index contributed by atoms with van der Waals surface area (Å²) in [5.41, 5.74) is 0. The molecule has 1 aromatic rings. The number of esters is 2. The zero-order valence-electron chi connectivity index (χ0n) is 10.9. The molecule has 0 fully saturated rings. The third kappa shape index (κ3) is 4.56. The molecule has 0 amide bonds. The molecule has 1 aromatic carbocycles. The van der Waals surface area contributed by atoms with Crippen LogP contribution in [0, 0.1) is 0 Å². The Balaban J connectivity index is 3.00. The highest BCUT2D eigenvalue weighted by molar-refractivity contribution is 7.96. The molecule has 5 nitrogen and oxygen atoms in total. The van der Waals surface area contributed by atoms with Gasteiger partial charge in [-0.2, -0.15) is 0 Å². The van der Waals surface area contributed by atoms with Crippen molar-refractivity contribution in [1.82, 2.24) is 0 Å². The summed E-state index contributed by atoms with van der Waals surface area (Å²) in [6.07, 6.45) is 2.26. The van der Waals surface area contributed by atoms with Gasteiger partial charge in [-0.3, -0.25) is 0 Å². The number of methoxy groups -OCH3 is 1. The molecular weight excluding hydrogens is 280 g/mol. The van der Waals surface area contributed by atoms with Gasteiger partial charge in [-0.15, -0.1) is 0 Å². The Morgan fingerprint density at radius 3 is 2.55 bits per heavy atom. The molecule has 0 aliphatic heterocycles. The van der Waals surface area contributed by atoms with Gasteiger partial charge in [-0.25, -0.2) is 9.59 Å². The SMILES string of the molecule is C=CCOC(=O)/C=C(\C(=O)OC)[S+]([O-])c1ccccc1. The fourth-order valence-electron chi connectivity index (χ4n) is 1.25. The van der Waals surface area contributed by atoms with E-state index in [-0.39, 0.29) is 11.5 Å². The van der Waals surface area contributed by atoms with Crippen LogP contribution >= 0.6 is 0 Å². The van der Waals surface area contributed by atoms with Crippen LogP contribution in [0.4, 0.5) is 0 Å². The predicted molar refractivity (Wildman–Crippen MR) is 74.1 cm³/mol. The number of ether oxygens (including phenoxy) is 2. The minimum Gasteiger partial charge on any atom is -0.606 e. The van der Waals surface area contributed by atoms with Crippen molar-refractivity contribution >= 4 is 23.1 Å². The minimum atomic E-state index is -1.82. The lowest BCUT2D eigenvalue weighted by Gasteiger charge is -2.11.